The largest absolute Gasteiger partial charge is 0.388 e. The molecule has 0 saturated carbocycles. The van der Waals surface area contributed by atoms with Gasteiger partial charge in [-0.25, -0.2) is 0 Å². The number of carbonyl (C=O) groups is 1. The first-order chi connectivity index (χ1) is 14.9. The summed E-state index contributed by atoms with van der Waals surface area (Å²) in [5.41, 5.74) is 4.62. The molecule has 32 heavy (non-hydrogen) atoms. The van der Waals surface area contributed by atoms with Gasteiger partial charge >= 0.3 is 0 Å². The lowest BCUT2D eigenvalue weighted by Gasteiger charge is -2.20. The van der Waals surface area contributed by atoms with Crippen molar-refractivity contribution in [1.29, 1.82) is 0 Å². The number of Topliss-reactive ketones (excluding diaryl/α,β-unsaturated/α-hetero) is 1. The molecular formula is C28H40Cl2O2. The average molecular weight is 480 g/mol. The van der Waals surface area contributed by atoms with E-state index in [2.05, 4.69) is 53.7 Å². The molecule has 178 valence electrons. The van der Waals surface area contributed by atoms with Crippen LogP contribution in [0.3, 0.4) is 0 Å². The first-order valence-electron chi connectivity index (χ1n) is 11.4. The second-order valence-corrected chi connectivity index (χ2v) is 11.0. The van der Waals surface area contributed by atoms with Crippen molar-refractivity contribution in [2.45, 2.75) is 84.2 Å². The number of alkyl halides is 2. The molecule has 1 atom stereocenters. The molecule has 0 aromatic heterocycles. The van der Waals surface area contributed by atoms with E-state index in [1.165, 1.54) is 11.1 Å². The minimum Gasteiger partial charge on any atom is -0.388 e. The van der Waals surface area contributed by atoms with Crippen molar-refractivity contribution in [3.63, 3.8) is 0 Å². The van der Waals surface area contributed by atoms with Crippen LogP contribution in [-0.4, -0.2) is 22.6 Å². The fourth-order valence-corrected chi connectivity index (χ4v) is 3.46. The van der Waals surface area contributed by atoms with Crippen molar-refractivity contribution in [1.82, 2.24) is 0 Å². The maximum absolute atomic E-state index is 11.7. The molecule has 2 aromatic carbocycles. The highest BCUT2D eigenvalue weighted by molar-refractivity contribution is 6.18. The zero-order valence-corrected chi connectivity index (χ0v) is 22.1. The van der Waals surface area contributed by atoms with Crippen LogP contribution in [0.2, 0.25) is 0 Å². The molecule has 1 N–H and O–H groups in total. The van der Waals surface area contributed by atoms with Crippen LogP contribution in [0.25, 0.3) is 0 Å². The van der Waals surface area contributed by atoms with Gasteiger partial charge in [-0.1, -0.05) is 90.1 Å². The summed E-state index contributed by atoms with van der Waals surface area (Å²) in [5, 5.41) is 9.89. The highest BCUT2D eigenvalue weighted by atomic mass is 35.5. The topological polar surface area (TPSA) is 37.3 Å². The maximum atomic E-state index is 11.7. The van der Waals surface area contributed by atoms with Gasteiger partial charge in [0, 0.05) is 23.7 Å². The molecule has 2 aromatic rings. The second kappa shape index (κ2) is 13.4. The van der Waals surface area contributed by atoms with Crippen molar-refractivity contribution < 1.29 is 9.90 Å². The van der Waals surface area contributed by atoms with E-state index in [0.29, 0.717) is 18.2 Å². The van der Waals surface area contributed by atoms with Crippen molar-refractivity contribution in [2.75, 3.05) is 11.8 Å². The third-order valence-corrected chi connectivity index (χ3v) is 5.92. The Bertz CT molecular complexity index is 797. The molecule has 0 aliphatic heterocycles. The van der Waals surface area contributed by atoms with E-state index in [0.717, 1.165) is 30.4 Å². The standard InChI is InChI=1S/C14H21ClO.C14H19ClO/c2*1-14(2,3)12-8-6-11(7-9-12)13(16)5-4-10-15/h6-9,13,16H,4-5,10H2,1-3H3;6-9H,4-5,10H2,1-3H3/t13-;/m1./s1. The maximum Gasteiger partial charge on any atom is 0.162 e. The minimum absolute atomic E-state index is 0.137. The molecule has 0 fully saturated rings. The molecular weight excluding hydrogens is 439 g/mol. The summed E-state index contributed by atoms with van der Waals surface area (Å²) in [5.74, 6) is 1.34. The fraction of sp³-hybridized carbons (Fsp3) is 0.536. The van der Waals surface area contributed by atoms with Gasteiger partial charge in [0.05, 0.1) is 6.10 Å². The Morgan fingerprint density at radius 2 is 1.22 bits per heavy atom. The molecule has 0 amide bonds. The van der Waals surface area contributed by atoms with E-state index >= 15 is 0 Å². The van der Waals surface area contributed by atoms with E-state index in [9.17, 15) is 9.90 Å². The lowest BCUT2D eigenvalue weighted by Crippen LogP contribution is -2.11. The van der Waals surface area contributed by atoms with Crippen LogP contribution in [0.5, 0.6) is 0 Å². The molecule has 2 nitrogen and oxygen atoms in total. The number of hydrogen-bond donors (Lipinski definition) is 1. The fourth-order valence-electron chi connectivity index (χ4n) is 3.17. The van der Waals surface area contributed by atoms with Gasteiger partial charge in [-0.15, -0.1) is 23.2 Å². The predicted octanol–water partition coefficient (Wildman–Crippen LogP) is 8.22. The zero-order chi connectivity index (χ0) is 24.4. The van der Waals surface area contributed by atoms with Crippen molar-refractivity contribution in [2.24, 2.45) is 0 Å². The van der Waals surface area contributed by atoms with Crippen LogP contribution in [0, 0.1) is 0 Å². The molecule has 0 aliphatic rings. The Balaban J connectivity index is 0.000000320. The Hall–Kier alpha value is -1.35. The number of hydrogen-bond acceptors (Lipinski definition) is 2. The lowest BCUT2D eigenvalue weighted by atomic mass is 9.86. The number of rotatable bonds is 8. The van der Waals surface area contributed by atoms with Crippen LogP contribution in [-0.2, 0) is 10.8 Å². The van der Waals surface area contributed by atoms with Gasteiger partial charge in [0.15, 0.2) is 5.78 Å². The van der Waals surface area contributed by atoms with Crippen LogP contribution >= 0.6 is 23.2 Å². The summed E-state index contributed by atoms with van der Waals surface area (Å²) in [4.78, 5) is 11.7. The number of aliphatic hydroxyl groups is 1. The molecule has 0 spiro atoms. The summed E-state index contributed by atoms with van der Waals surface area (Å²) in [6.45, 7) is 13.1. The van der Waals surface area contributed by atoms with E-state index in [1.807, 2.05) is 36.4 Å². The van der Waals surface area contributed by atoms with Gasteiger partial charge in [-0.2, -0.15) is 0 Å². The Morgan fingerprint density at radius 3 is 1.62 bits per heavy atom. The summed E-state index contributed by atoms with van der Waals surface area (Å²) in [6, 6.07) is 16.1. The summed E-state index contributed by atoms with van der Waals surface area (Å²) >= 11 is 11.2. The van der Waals surface area contributed by atoms with Gasteiger partial charge in [0.1, 0.15) is 0 Å². The van der Waals surface area contributed by atoms with Gasteiger partial charge in [-0.3, -0.25) is 4.79 Å². The third kappa shape index (κ3) is 10.1. The van der Waals surface area contributed by atoms with E-state index in [4.69, 9.17) is 23.2 Å². The Kier molecular flexibility index (Phi) is 12.0. The van der Waals surface area contributed by atoms with Crippen molar-refractivity contribution >= 4 is 29.0 Å². The van der Waals surface area contributed by atoms with Gasteiger partial charge < -0.3 is 5.11 Å². The zero-order valence-electron chi connectivity index (χ0n) is 20.6. The highest BCUT2D eigenvalue weighted by Crippen LogP contribution is 2.25. The van der Waals surface area contributed by atoms with Crippen LogP contribution in [0.1, 0.15) is 100 Å². The summed E-state index contributed by atoms with van der Waals surface area (Å²) in [7, 11) is 0. The average Bonchev–Trinajstić information content (AvgIpc) is 2.75. The van der Waals surface area contributed by atoms with Crippen LogP contribution < -0.4 is 0 Å². The number of ketones is 1. The van der Waals surface area contributed by atoms with Gasteiger partial charge in [-0.05, 0) is 46.8 Å². The van der Waals surface area contributed by atoms with Gasteiger partial charge in [0.2, 0.25) is 0 Å². The highest BCUT2D eigenvalue weighted by Gasteiger charge is 2.15. The van der Waals surface area contributed by atoms with E-state index in [-0.39, 0.29) is 22.7 Å². The summed E-state index contributed by atoms with van der Waals surface area (Å²) < 4.78 is 0. The SMILES string of the molecule is CC(C)(C)c1ccc(C(=O)CCCCl)cc1.CC(C)(C)c1ccc([C@H](O)CCCCl)cc1. The second-order valence-electron chi connectivity index (χ2n) is 10.3. The smallest absolute Gasteiger partial charge is 0.162 e. The van der Waals surface area contributed by atoms with Gasteiger partial charge in [0.25, 0.3) is 0 Å². The molecule has 0 aliphatic carbocycles. The molecule has 0 radical (unpaired) electrons. The predicted molar refractivity (Wildman–Crippen MR) is 139 cm³/mol. The number of halogens is 2. The first-order valence-corrected chi connectivity index (χ1v) is 12.5. The Labute approximate surface area is 205 Å². The lowest BCUT2D eigenvalue weighted by molar-refractivity contribution is 0.0982. The number of benzene rings is 2. The first kappa shape index (κ1) is 28.7. The molecule has 0 heterocycles. The quantitative estimate of drug-likeness (QED) is 0.306. The van der Waals surface area contributed by atoms with Crippen LogP contribution in [0.4, 0.5) is 0 Å². The number of carbonyl (C=O) groups excluding carboxylic acids is 1. The molecule has 0 saturated heterocycles. The monoisotopic (exact) mass is 478 g/mol. The normalized spacial score (nSPS) is 12.7. The minimum atomic E-state index is -0.382. The van der Waals surface area contributed by atoms with E-state index in [1.54, 1.807) is 0 Å². The molecule has 2 rings (SSSR count). The van der Waals surface area contributed by atoms with Crippen LogP contribution in [0.15, 0.2) is 48.5 Å². The van der Waals surface area contributed by atoms with Crippen molar-refractivity contribution in [3.05, 3.63) is 70.8 Å². The molecule has 0 unspecified atom stereocenters. The van der Waals surface area contributed by atoms with Crippen molar-refractivity contribution in [3.8, 4) is 0 Å². The number of aliphatic hydroxyl groups excluding tert-OH is 1. The summed E-state index contributed by atoms with van der Waals surface area (Å²) in [6.07, 6.45) is 2.50. The van der Waals surface area contributed by atoms with E-state index < -0.39 is 0 Å². The molecule has 0 bridgehead atoms. The Morgan fingerprint density at radius 1 is 0.781 bits per heavy atom. The third-order valence-electron chi connectivity index (χ3n) is 5.38. The molecule has 4 heteroatoms.